The van der Waals surface area contributed by atoms with E-state index in [0.717, 1.165) is 29.2 Å². The number of hydrogen-bond acceptors (Lipinski definition) is 3. The predicted octanol–water partition coefficient (Wildman–Crippen LogP) is 4.12. The molecule has 3 nitrogen and oxygen atoms in total. The van der Waals surface area contributed by atoms with Crippen LogP contribution in [0.5, 0.6) is 11.5 Å². The van der Waals surface area contributed by atoms with Gasteiger partial charge in [-0.2, -0.15) is 0 Å². The number of benzene rings is 2. The molecule has 0 amide bonds. The standard InChI is InChI=1S/C17H20ClNO2/c1-12(2)19-10-14-5-6-15(18)9-17(14)21-16-7-3-13(11-20)4-8-16/h3-9,12,19-20H,10-11H2,1-2H3. The Hall–Kier alpha value is -1.55. The number of halogens is 1. The largest absolute Gasteiger partial charge is 0.457 e. The first-order valence-electron chi connectivity index (χ1n) is 6.98. The van der Waals surface area contributed by atoms with Crippen molar-refractivity contribution in [1.82, 2.24) is 5.32 Å². The van der Waals surface area contributed by atoms with E-state index in [-0.39, 0.29) is 6.61 Å². The third-order valence-electron chi connectivity index (χ3n) is 3.06. The van der Waals surface area contributed by atoms with Crippen LogP contribution in [0.15, 0.2) is 42.5 Å². The highest BCUT2D eigenvalue weighted by Gasteiger charge is 2.07. The molecular weight excluding hydrogens is 286 g/mol. The normalized spacial score (nSPS) is 10.9. The van der Waals surface area contributed by atoms with E-state index in [4.69, 9.17) is 21.4 Å². The Morgan fingerprint density at radius 2 is 1.86 bits per heavy atom. The topological polar surface area (TPSA) is 41.5 Å². The second kappa shape index (κ2) is 7.46. The first kappa shape index (κ1) is 15.8. The quantitative estimate of drug-likeness (QED) is 0.843. The fraction of sp³-hybridized carbons (Fsp3) is 0.294. The van der Waals surface area contributed by atoms with Gasteiger partial charge in [-0.25, -0.2) is 0 Å². The summed E-state index contributed by atoms with van der Waals surface area (Å²) in [5.41, 5.74) is 1.91. The van der Waals surface area contributed by atoms with Crippen molar-refractivity contribution in [3.8, 4) is 11.5 Å². The van der Waals surface area contributed by atoms with Crippen molar-refractivity contribution in [3.63, 3.8) is 0 Å². The lowest BCUT2D eigenvalue weighted by molar-refractivity contribution is 0.281. The summed E-state index contributed by atoms with van der Waals surface area (Å²) in [4.78, 5) is 0. The molecule has 0 aliphatic carbocycles. The Bertz CT molecular complexity index is 582. The molecule has 2 aromatic rings. The van der Waals surface area contributed by atoms with E-state index in [2.05, 4.69) is 19.2 Å². The number of rotatable bonds is 6. The van der Waals surface area contributed by atoms with Gasteiger partial charge in [0.2, 0.25) is 0 Å². The minimum Gasteiger partial charge on any atom is -0.457 e. The molecule has 0 heterocycles. The maximum Gasteiger partial charge on any atom is 0.133 e. The molecule has 0 aliphatic heterocycles. The van der Waals surface area contributed by atoms with Crippen LogP contribution < -0.4 is 10.1 Å². The van der Waals surface area contributed by atoms with Gasteiger partial charge in [0.1, 0.15) is 11.5 Å². The number of hydrogen-bond donors (Lipinski definition) is 2. The number of aliphatic hydroxyl groups excluding tert-OH is 1. The van der Waals surface area contributed by atoms with Gasteiger partial charge in [-0.15, -0.1) is 0 Å². The number of ether oxygens (including phenoxy) is 1. The van der Waals surface area contributed by atoms with Crippen LogP contribution in [0.25, 0.3) is 0 Å². The molecule has 0 aliphatic rings. The van der Waals surface area contributed by atoms with Crippen LogP contribution in [-0.2, 0) is 13.2 Å². The minimum atomic E-state index is 0.0288. The third kappa shape index (κ3) is 4.74. The van der Waals surface area contributed by atoms with Crippen LogP contribution in [0, 0.1) is 0 Å². The summed E-state index contributed by atoms with van der Waals surface area (Å²) in [5.74, 6) is 1.47. The van der Waals surface area contributed by atoms with Crippen molar-refractivity contribution < 1.29 is 9.84 Å². The molecule has 2 N–H and O–H groups in total. The van der Waals surface area contributed by atoms with Crippen LogP contribution in [0.1, 0.15) is 25.0 Å². The van der Waals surface area contributed by atoms with E-state index in [1.807, 2.05) is 42.5 Å². The molecule has 0 bridgehead atoms. The lowest BCUT2D eigenvalue weighted by atomic mass is 10.2. The van der Waals surface area contributed by atoms with Gasteiger partial charge < -0.3 is 15.2 Å². The lowest BCUT2D eigenvalue weighted by Crippen LogP contribution is -2.22. The smallest absolute Gasteiger partial charge is 0.133 e. The molecule has 0 fully saturated rings. The summed E-state index contributed by atoms with van der Waals surface area (Å²) in [6, 6.07) is 13.4. The van der Waals surface area contributed by atoms with Crippen LogP contribution >= 0.6 is 11.6 Å². The maximum absolute atomic E-state index is 9.05. The van der Waals surface area contributed by atoms with E-state index in [0.29, 0.717) is 11.1 Å². The summed E-state index contributed by atoms with van der Waals surface area (Å²) >= 11 is 6.06. The highest BCUT2D eigenvalue weighted by molar-refractivity contribution is 6.30. The summed E-state index contributed by atoms with van der Waals surface area (Å²) in [7, 11) is 0. The first-order chi connectivity index (χ1) is 10.1. The van der Waals surface area contributed by atoms with E-state index in [9.17, 15) is 0 Å². The molecule has 0 unspecified atom stereocenters. The van der Waals surface area contributed by atoms with Crippen molar-refractivity contribution in [2.45, 2.75) is 33.0 Å². The highest BCUT2D eigenvalue weighted by atomic mass is 35.5. The van der Waals surface area contributed by atoms with Crippen molar-refractivity contribution >= 4 is 11.6 Å². The molecule has 21 heavy (non-hydrogen) atoms. The van der Waals surface area contributed by atoms with E-state index in [1.54, 1.807) is 0 Å². The van der Waals surface area contributed by atoms with Gasteiger partial charge in [0.15, 0.2) is 0 Å². The Labute approximate surface area is 130 Å². The molecule has 112 valence electrons. The minimum absolute atomic E-state index is 0.0288. The zero-order valence-corrected chi connectivity index (χ0v) is 13.0. The molecule has 2 rings (SSSR count). The molecular formula is C17H20ClNO2. The zero-order chi connectivity index (χ0) is 15.2. The van der Waals surface area contributed by atoms with Crippen molar-refractivity contribution in [1.29, 1.82) is 0 Å². The molecule has 0 saturated heterocycles. The van der Waals surface area contributed by atoms with E-state index >= 15 is 0 Å². The Morgan fingerprint density at radius 3 is 2.48 bits per heavy atom. The van der Waals surface area contributed by atoms with Gasteiger partial charge in [-0.1, -0.05) is 43.6 Å². The Morgan fingerprint density at radius 1 is 1.14 bits per heavy atom. The SMILES string of the molecule is CC(C)NCc1ccc(Cl)cc1Oc1ccc(CO)cc1. The van der Waals surface area contributed by atoms with Gasteiger partial charge in [0.05, 0.1) is 6.61 Å². The van der Waals surface area contributed by atoms with Gasteiger partial charge in [0.25, 0.3) is 0 Å². The van der Waals surface area contributed by atoms with E-state index < -0.39 is 0 Å². The molecule has 0 radical (unpaired) electrons. The fourth-order valence-corrected chi connectivity index (χ4v) is 2.04. The van der Waals surface area contributed by atoms with Crippen LogP contribution in [0.3, 0.4) is 0 Å². The Balaban J connectivity index is 2.18. The second-order valence-corrected chi connectivity index (χ2v) is 5.63. The highest BCUT2D eigenvalue weighted by Crippen LogP contribution is 2.28. The first-order valence-corrected chi connectivity index (χ1v) is 7.35. The zero-order valence-electron chi connectivity index (χ0n) is 12.3. The molecule has 0 spiro atoms. The molecule has 0 aromatic heterocycles. The molecule has 0 saturated carbocycles. The van der Waals surface area contributed by atoms with Gasteiger partial charge in [-0.05, 0) is 29.8 Å². The van der Waals surface area contributed by atoms with Crippen LogP contribution in [-0.4, -0.2) is 11.1 Å². The van der Waals surface area contributed by atoms with Gasteiger partial charge >= 0.3 is 0 Å². The number of aliphatic hydroxyl groups is 1. The van der Waals surface area contributed by atoms with Crippen molar-refractivity contribution in [2.75, 3.05) is 0 Å². The number of nitrogens with one attached hydrogen (secondary N) is 1. The summed E-state index contributed by atoms with van der Waals surface area (Å²) in [6.07, 6.45) is 0. The third-order valence-corrected chi connectivity index (χ3v) is 3.30. The van der Waals surface area contributed by atoms with Crippen LogP contribution in [0.2, 0.25) is 5.02 Å². The van der Waals surface area contributed by atoms with Crippen molar-refractivity contribution in [3.05, 3.63) is 58.6 Å². The summed E-state index contributed by atoms with van der Waals surface area (Å²) in [6.45, 7) is 4.95. The molecule has 2 aromatic carbocycles. The van der Waals surface area contributed by atoms with Crippen molar-refractivity contribution in [2.24, 2.45) is 0 Å². The van der Waals surface area contributed by atoms with Crippen LogP contribution in [0.4, 0.5) is 0 Å². The van der Waals surface area contributed by atoms with Gasteiger partial charge in [0, 0.05) is 23.2 Å². The monoisotopic (exact) mass is 305 g/mol. The average Bonchev–Trinajstić information content (AvgIpc) is 2.47. The molecule has 0 atom stereocenters. The fourth-order valence-electron chi connectivity index (χ4n) is 1.87. The second-order valence-electron chi connectivity index (χ2n) is 5.19. The molecule has 4 heteroatoms. The average molecular weight is 306 g/mol. The summed E-state index contributed by atoms with van der Waals surface area (Å²) < 4.78 is 5.92. The predicted molar refractivity (Wildman–Crippen MR) is 85.9 cm³/mol. The Kier molecular flexibility index (Phi) is 5.62. The van der Waals surface area contributed by atoms with Gasteiger partial charge in [-0.3, -0.25) is 0 Å². The maximum atomic E-state index is 9.05. The summed E-state index contributed by atoms with van der Waals surface area (Å²) in [5, 5.41) is 13.1. The van der Waals surface area contributed by atoms with E-state index in [1.165, 1.54) is 0 Å². The lowest BCUT2D eigenvalue weighted by Gasteiger charge is -2.14.